The molecule has 4 heterocycles. The van der Waals surface area contributed by atoms with E-state index in [2.05, 4.69) is 26.8 Å². The lowest BCUT2D eigenvalue weighted by molar-refractivity contribution is 0.163. The van der Waals surface area contributed by atoms with Crippen LogP contribution in [-0.4, -0.2) is 47.4 Å². The van der Waals surface area contributed by atoms with Crippen LogP contribution >= 0.6 is 0 Å². The molecule has 2 saturated heterocycles. The fourth-order valence-corrected chi connectivity index (χ4v) is 4.08. The quantitative estimate of drug-likeness (QED) is 0.578. The highest BCUT2D eigenvalue weighted by Gasteiger charge is 2.24. The van der Waals surface area contributed by atoms with Gasteiger partial charge in [-0.1, -0.05) is 13.3 Å². The predicted octanol–water partition coefficient (Wildman–Crippen LogP) is 4.68. The summed E-state index contributed by atoms with van der Waals surface area (Å²) in [5, 5.41) is 0. The van der Waals surface area contributed by atoms with Crippen molar-refractivity contribution in [2.45, 2.75) is 51.6 Å². The molecular weight excluding hydrogens is 440 g/mol. The van der Waals surface area contributed by atoms with E-state index in [-0.39, 0.29) is 11.9 Å². The number of nitrogens with two attached hydrogens (primary N) is 1. The molecule has 9 heteroatoms. The van der Waals surface area contributed by atoms with Crippen LogP contribution in [0.4, 0.5) is 20.4 Å². The standard InChI is InChI=1S/C21H23F2N5O.C4H8O/c1-2-3-14-11-17-18(12-25-14)27-21(20(24)26-17)28-8-6-15(7-9-28)29-19-5-4-13(22)10-16(19)23;1-2-4-5-3-1/h4-5,10-12,15H,2-3,6-9H2,1H3,(H2,24,26);1-4H2. The molecule has 0 atom stereocenters. The molecule has 2 aliphatic heterocycles. The Morgan fingerprint density at radius 1 is 1.09 bits per heavy atom. The van der Waals surface area contributed by atoms with Crippen LogP contribution in [-0.2, 0) is 11.2 Å². The molecule has 5 rings (SSSR count). The molecule has 7 nitrogen and oxygen atoms in total. The van der Waals surface area contributed by atoms with Gasteiger partial charge in [0.2, 0.25) is 0 Å². The highest BCUT2D eigenvalue weighted by atomic mass is 19.1. The highest BCUT2D eigenvalue weighted by Crippen LogP contribution is 2.28. The van der Waals surface area contributed by atoms with E-state index in [1.807, 2.05) is 6.07 Å². The normalized spacial score (nSPS) is 16.4. The zero-order chi connectivity index (χ0) is 23.9. The molecule has 34 heavy (non-hydrogen) atoms. The minimum atomic E-state index is -0.688. The van der Waals surface area contributed by atoms with Gasteiger partial charge in [0.05, 0.1) is 11.7 Å². The fraction of sp³-hybridized carbons (Fsp3) is 0.480. The molecule has 0 unspecified atom stereocenters. The third kappa shape index (κ3) is 6.08. The molecule has 2 fully saturated rings. The van der Waals surface area contributed by atoms with E-state index >= 15 is 0 Å². The van der Waals surface area contributed by atoms with Crippen molar-refractivity contribution in [3.63, 3.8) is 0 Å². The van der Waals surface area contributed by atoms with Crippen molar-refractivity contribution in [1.82, 2.24) is 15.0 Å². The average molecular weight is 472 g/mol. The van der Waals surface area contributed by atoms with Crippen LogP contribution in [0, 0.1) is 11.6 Å². The number of nitrogens with zero attached hydrogens (tertiary/aromatic N) is 4. The van der Waals surface area contributed by atoms with Crippen LogP contribution in [0.3, 0.4) is 0 Å². The number of ether oxygens (including phenoxy) is 2. The summed E-state index contributed by atoms with van der Waals surface area (Å²) in [7, 11) is 0. The van der Waals surface area contributed by atoms with E-state index in [0.717, 1.165) is 43.3 Å². The molecule has 0 spiro atoms. The Morgan fingerprint density at radius 3 is 2.50 bits per heavy atom. The van der Waals surface area contributed by atoms with E-state index < -0.39 is 11.6 Å². The van der Waals surface area contributed by atoms with Gasteiger partial charge in [0.15, 0.2) is 23.2 Å². The Hall–Kier alpha value is -3.07. The number of pyridine rings is 1. The highest BCUT2D eigenvalue weighted by molar-refractivity contribution is 5.79. The maximum absolute atomic E-state index is 13.8. The Bertz CT molecular complexity index is 1090. The van der Waals surface area contributed by atoms with Crippen molar-refractivity contribution in [1.29, 1.82) is 0 Å². The maximum atomic E-state index is 13.8. The molecule has 0 aliphatic carbocycles. The average Bonchev–Trinajstić information content (AvgIpc) is 3.42. The first-order valence-electron chi connectivity index (χ1n) is 11.9. The van der Waals surface area contributed by atoms with Crippen molar-refractivity contribution >= 4 is 22.7 Å². The van der Waals surface area contributed by atoms with E-state index in [0.29, 0.717) is 43.1 Å². The Morgan fingerprint density at radius 2 is 1.85 bits per heavy atom. The summed E-state index contributed by atoms with van der Waals surface area (Å²) < 4.78 is 37.5. The second kappa shape index (κ2) is 11.4. The zero-order valence-corrected chi connectivity index (χ0v) is 19.5. The van der Waals surface area contributed by atoms with Crippen molar-refractivity contribution in [2.75, 3.05) is 36.9 Å². The summed E-state index contributed by atoms with van der Waals surface area (Å²) in [4.78, 5) is 15.7. The van der Waals surface area contributed by atoms with E-state index in [1.165, 1.54) is 25.0 Å². The van der Waals surface area contributed by atoms with Crippen molar-refractivity contribution in [2.24, 2.45) is 0 Å². The second-order valence-corrected chi connectivity index (χ2v) is 8.55. The molecule has 3 aromatic rings. The van der Waals surface area contributed by atoms with Crippen LogP contribution < -0.4 is 15.4 Å². The molecule has 2 N–H and O–H groups in total. The summed E-state index contributed by atoms with van der Waals surface area (Å²) in [6.45, 7) is 5.41. The molecule has 0 amide bonds. The molecule has 182 valence electrons. The van der Waals surface area contributed by atoms with Gasteiger partial charge in [0.25, 0.3) is 0 Å². The number of hydrogen-bond donors (Lipinski definition) is 1. The minimum Gasteiger partial charge on any atom is -0.487 e. The molecule has 0 radical (unpaired) electrons. The summed E-state index contributed by atoms with van der Waals surface area (Å²) in [6.07, 6.45) is 7.38. The van der Waals surface area contributed by atoms with Gasteiger partial charge in [0.1, 0.15) is 17.4 Å². The Balaban J connectivity index is 0.000000486. The van der Waals surface area contributed by atoms with Gasteiger partial charge in [-0.25, -0.2) is 18.7 Å². The first-order chi connectivity index (χ1) is 16.5. The fourth-order valence-electron chi connectivity index (χ4n) is 4.08. The third-order valence-corrected chi connectivity index (χ3v) is 5.88. The van der Waals surface area contributed by atoms with Crippen molar-refractivity contribution in [3.8, 4) is 5.75 Å². The number of aryl methyl sites for hydroxylation is 1. The van der Waals surface area contributed by atoms with Gasteiger partial charge in [-0.05, 0) is 37.5 Å². The Labute approximate surface area is 198 Å². The Kier molecular flexibility index (Phi) is 8.05. The first kappa shape index (κ1) is 24.1. The number of halogens is 2. The van der Waals surface area contributed by atoms with Gasteiger partial charge in [-0.3, -0.25) is 4.98 Å². The smallest absolute Gasteiger partial charge is 0.172 e. The minimum absolute atomic E-state index is 0.0730. The first-order valence-corrected chi connectivity index (χ1v) is 11.9. The largest absolute Gasteiger partial charge is 0.487 e. The lowest BCUT2D eigenvalue weighted by atomic mass is 10.1. The number of fused-ring (bicyclic) bond motifs is 1. The number of aromatic nitrogens is 3. The van der Waals surface area contributed by atoms with E-state index in [4.69, 9.17) is 15.2 Å². The number of nitrogen functional groups attached to an aromatic ring is 1. The van der Waals surface area contributed by atoms with Crippen LogP contribution in [0.1, 0.15) is 44.7 Å². The number of benzene rings is 1. The van der Waals surface area contributed by atoms with Gasteiger partial charge >= 0.3 is 0 Å². The monoisotopic (exact) mass is 471 g/mol. The van der Waals surface area contributed by atoms with Gasteiger partial charge in [-0.2, -0.15) is 0 Å². The van der Waals surface area contributed by atoms with Crippen LogP contribution in [0.2, 0.25) is 0 Å². The molecule has 2 aromatic heterocycles. The van der Waals surface area contributed by atoms with Crippen molar-refractivity contribution in [3.05, 3.63) is 47.8 Å². The summed E-state index contributed by atoms with van der Waals surface area (Å²) in [6, 6.07) is 5.28. The summed E-state index contributed by atoms with van der Waals surface area (Å²) >= 11 is 0. The third-order valence-electron chi connectivity index (χ3n) is 5.88. The molecule has 0 bridgehead atoms. The zero-order valence-electron chi connectivity index (χ0n) is 19.5. The van der Waals surface area contributed by atoms with Gasteiger partial charge in [0, 0.05) is 50.9 Å². The summed E-state index contributed by atoms with van der Waals surface area (Å²) in [5.41, 5.74) is 8.62. The molecule has 0 saturated carbocycles. The lowest BCUT2D eigenvalue weighted by Crippen LogP contribution is -2.39. The number of anilines is 2. The van der Waals surface area contributed by atoms with Gasteiger partial charge < -0.3 is 20.1 Å². The van der Waals surface area contributed by atoms with Gasteiger partial charge in [-0.15, -0.1) is 0 Å². The number of rotatable bonds is 5. The maximum Gasteiger partial charge on any atom is 0.172 e. The second-order valence-electron chi connectivity index (χ2n) is 8.55. The van der Waals surface area contributed by atoms with E-state index in [1.54, 1.807) is 6.20 Å². The van der Waals surface area contributed by atoms with Crippen LogP contribution in [0.15, 0.2) is 30.5 Å². The number of hydrogen-bond acceptors (Lipinski definition) is 7. The molecular formula is C25H31F2N5O2. The topological polar surface area (TPSA) is 86.4 Å². The van der Waals surface area contributed by atoms with Crippen LogP contribution in [0.25, 0.3) is 11.0 Å². The van der Waals surface area contributed by atoms with Crippen LogP contribution in [0.5, 0.6) is 5.75 Å². The molecule has 2 aliphatic rings. The van der Waals surface area contributed by atoms with E-state index in [9.17, 15) is 8.78 Å². The van der Waals surface area contributed by atoms with Crippen molar-refractivity contribution < 1.29 is 18.3 Å². The predicted molar refractivity (Wildman–Crippen MR) is 128 cm³/mol. The number of piperidine rings is 1. The SMILES string of the molecule is C1CCOC1.CCCc1cc2nc(N)c(N3CCC(Oc4ccc(F)cc4F)CC3)nc2cn1. The lowest BCUT2D eigenvalue weighted by Gasteiger charge is -2.33. The summed E-state index contributed by atoms with van der Waals surface area (Å²) in [5.74, 6) is -0.216. The molecule has 1 aromatic carbocycles.